The number of aromatic nitrogens is 1. The molecule has 3 N–H and O–H groups in total. The number of fused-ring (bicyclic) bond motifs is 1. The van der Waals surface area contributed by atoms with Crippen molar-refractivity contribution in [3.63, 3.8) is 0 Å². The topological polar surface area (TPSA) is 83.4 Å². The van der Waals surface area contributed by atoms with Gasteiger partial charge in [-0.15, -0.1) is 0 Å². The zero-order valence-electron chi connectivity index (χ0n) is 13.7. The maximum Gasteiger partial charge on any atom is 0.313 e. The van der Waals surface area contributed by atoms with E-state index in [0.29, 0.717) is 18.7 Å². The molecule has 1 heterocycles. The molecule has 6 nitrogen and oxygen atoms in total. The highest BCUT2D eigenvalue weighted by molar-refractivity contribution is 6.39. The van der Waals surface area contributed by atoms with Gasteiger partial charge in [-0.3, -0.25) is 9.59 Å². The summed E-state index contributed by atoms with van der Waals surface area (Å²) in [5.74, 6) is -1.37. The molecule has 0 fully saturated rings. The largest absolute Gasteiger partial charge is 0.396 e. The maximum absolute atomic E-state index is 12.0. The van der Waals surface area contributed by atoms with Crippen LogP contribution in [0.15, 0.2) is 30.5 Å². The van der Waals surface area contributed by atoms with Crippen molar-refractivity contribution in [3.8, 4) is 0 Å². The number of aryl methyl sites for hydroxylation is 1. The number of hydrogen-bond acceptors (Lipinski definition) is 3. The van der Waals surface area contributed by atoms with Crippen molar-refractivity contribution in [1.82, 2.24) is 9.88 Å². The van der Waals surface area contributed by atoms with Crippen molar-refractivity contribution in [1.29, 1.82) is 0 Å². The monoisotopic (exact) mass is 317 g/mol. The zero-order valence-corrected chi connectivity index (χ0v) is 13.7. The summed E-state index contributed by atoms with van der Waals surface area (Å²) in [7, 11) is 1.92. The van der Waals surface area contributed by atoms with Crippen LogP contribution in [0.25, 0.3) is 10.9 Å². The van der Waals surface area contributed by atoms with Crippen molar-refractivity contribution in [2.24, 2.45) is 12.5 Å². The van der Waals surface area contributed by atoms with Gasteiger partial charge in [0.1, 0.15) is 0 Å². The number of anilines is 1. The highest BCUT2D eigenvalue weighted by Crippen LogP contribution is 2.20. The number of rotatable bonds is 5. The van der Waals surface area contributed by atoms with Crippen LogP contribution in [0, 0.1) is 5.41 Å². The summed E-state index contributed by atoms with van der Waals surface area (Å²) in [6.45, 7) is 4.22. The lowest BCUT2D eigenvalue weighted by Gasteiger charge is -2.23. The van der Waals surface area contributed by atoms with E-state index >= 15 is 0 Å². The molecular formula is C17H23N3O3. The summed E-state index contributed by atoms with van der Waals surface area (Å²) in [4.78, 5) is 23.9. The first-order valence-electron chi connectivity index (χ1n) is 7.57. The average Bonchev–Trinajstić information content (AvgIpc) is 2.86. The minimum atomic E-state index is -0.696. The number of carbonyl (C=O) groups excluding carboxylic acids is 2. The normalized spacial score (nSPS) is 11.5. The number of nitrogens with zero attached hydrogens (tertiary/aromatic N) is 1. The van der Waals surface area contributed by atoms with E-state index in [4.69, 9.17) is 5.11 Å². The van der Waals surface area contributed by atoms with E-state index in [1.54, 1.807) is 6.07 Å². The molecule has 0 atom stereocenters. The molecule has 2 aromatic rings. The van der Waals surface area contributed by atoms with Crippen molar-refractivity contribution in [2.45, 2.75) is 20.3 Å². The lowest BCUT2D eigenvalue weighted by molar-refractivity contribution is -0.136. The Balaban J connectivity index is 1.97. The average molecular weight is 317 g/mol. The molecule has 0 radical (unpaired) electrons. The summed E-state index contributed by atoms with van der Waals surface area (Å²) in [6.07, 6.45) is 2.49. The fraction of sp³-hybridized carbons (Fsp3) is 0.412. The molecule has 0 aliphatic carbocycles. The molecule has 0 aliphatic heterocycles. The zero-order chi connectivity index (χ0) is 17.0. The molecular weight excluding hydrogens is 294 g/mol. The number of hydrogen-bond donors (Lipinski definition) is 3. The Hall–Kier alpha value is -2.34. The molecule has 1 aromatic heterocycles. The van der Waals surface area contributed by atoms with Crippen molar-refractivity contribution >= 4 is 28.4 Å². The summed E-state index contributed by atoms with van der Waals surface area (Å²) in [6, 6.07) is 7.48. The lowest BCUT2D eigenvalue weighted by Crippen LogP contribution is -2.40. The molecule has 0 saturated carbocycles. The standard InChI is InChI=1S/C17H23N3O3/c1-17(2,7-9-21)11-18-15(22)16(23)19-13-5-4-12-6-8-20(3)14(12)10-13/h4-6,8,10,21H,7,9,11H2,1-3H3,(H,18,22)(H,19,23). The van der Waals surface area contributed by atoms with Crippen LogP contribution in [-0.2, 0) is 16.6 Å². The third-order valence-electron chi connectivity index (χ3n) is 3.87. The molecule has 1 aromatic carbocycles. The van der Waals surface area contributed by atoms with Crippen LogP contribution in [-0.4, -0.2) is 34.6 Å². The number of benzene rings is 1. The number of amides is 2. The van der Waals surface area contributed by atoms with Gasteiger partial charge < -0.3 is 20.3 Å². The van der Waals surface area contributed by atoms with Gasteiger partial charge in [0, 0.05) is 37.6 Å². The van der Waals surface area contributed by atoms with E-state index in [0.717, 1.165) is 10.9 Å². The minimum absolute atomic E-state index is 0.0474. The van der Waals surface area contributed by atoms with Gasteiger partial charge in [0.2, 0.25) is 0 Å². The van der Waals surface area contributed by atoms with Crippen molar-refractivity contribution in [2.75, 3.05) is 18.5 Å². The highest BCUT2D eigenvalue weighted by Gasteiger charge is 2.21. The summed E-state index contributed by atoms with van der Waals surface area (Å²) in [5, 5.41) is 15.2. The molecule has 0 saturated heterocycles. The quantitative estimate of drug-likeness (QED) is 0.733. The smallest absolute Gasteiger partial charge is 0.313 e. The van der Waals surface area contributed by atoms with Gasteiger partial charge in [0.05, 0.1) is 0 Å². The highest BCUT2D eigenvalue weighted by atomic mass is 16.3. The summed E-state index contributed by atoms with van der Waals surface area (Å²) < 4.78 is 1.95. The van der Waals surface area contributed by atoms with Gasteiger partial charge in [0.25, 0.3) is 0 Å². The lowest BCUT2D eigenvalue weighted by atomic mass is 9.90. The fourth-order valence-corrected chi connectivity index (χ4v) is 2.32. The first kappa shape index (κ1) is 17.0. The minimum Gasteiger partial charge on any atom is -0.396 e. The molecule has 0 aliphatic rings. The van der Waals surface area contributed by atoms with Crippen LogP contribution in [0.2, 0.25) is 0 Å². The predicted octanol–water partition coefficient (Wildman–Crippen LogP) is 1.64. The van der Waals surface area contributed by atoms with Crippen LogP contribution < -0.4 is 10.6 Å². The third kappa shape index (κ3) is 4.32. The number of nitrogens with one attached hydrogen (secondary N) is 2. The molecule has 0 unspecified atom stereocenters. The Bertz CT molecular complexity index is 719. The Morgan fingerprint density at radius 1 is 1.22 bits per heavy atom. The van der Waals surface area contributed by atoms with Crippen molar-refractivity contribution < 1.29 is 14.7 Å². The van der Waals surface area contributed by atoms with Gasteiger partial charge in [0.15, 0.2) is 0 Å². The Kier molecular flexibility index (Phi) is 5.05. The van der Waals surface area contributed by atoms with Gasteiger partial charge in [-0.1, -0.05) is 19.9 Å². The van der Waals surface area contributed by atoms with E-state index < -0.39 is 11.8 Å². The summed E-state index contributed by atoms with van der Waals surface area (Å²) in [5.41, 5.74) is 1.30. The van der Waals surface area contributed by atoms with E-state index in [1.807, 2.05) is 49.9 Å². The van der Waals surface area contributed by atoms with Crippen molar-refractivity contribution in [3.05, 3.63) is 30.5 Å². The van der Waals surface area contributed by atoms with Crippen LogP contribution in [0.4, 0.5) is 5.69 Å². The molecule has 0 spiro atoms. The molecule has 6 heteroatoms. The SMILES string of the molecule is Cn1ccc2ccc(NC(=O)C(=O)NCC(C)(C)CCO)cc21. The van der Waals surface area contributed by atoms with Crippen LogP contribution in [0.5, 0.6) is 0 Å². The first-order chi connectivity index (χ1) is 10.8. The molecule has 23 heavy (non-hydrogen) atoms. The van der Waals surface area contributed by atoms with Gasteiger partial charge in [-0.2, -0.15) is 0 Å². The Labute approximate surface area is 135 Å². The predicted molar refractivity (Wildman–Crippen MR) is 90.0 cm³/mol. The van der Waals surface area contributed by atoms with Gasteiger partial charge >= 0.3 is 11.8 Å². The second kappa shape index (κ2) is 6.83. The number of carbonyl (C=O) groups is 2. The van der Waals surface area contributed by atoms with Crippen LogP contribution in [0.3, 0.4) is 0 Å². The maximum atomic E-state index is 12.0. The summed E-state index contributed by atoms with van der Waals surface area (Å²) >= 11 is 0. The third-order valence-corrected chi connectivity index (χ3v) is 3.87. The van der Waals surface area contributed by atoms with Gasteiger partial charge in [-0.25, -0.2) is 0 Å². The van der Waals surface area contributed by atoms with Gasteiger partial charge in [-0.05, 0) is 35.4 Å². The molecule has 0 bridgehead atoms. The second-order valence-electron chi connectivity index (χ2n) is 6.47. The number of aliphatic hydroxyl groups excluding tert-OH is 1. The van der Waals surface area contributed by atoms with E-state index in [1.165, 1.54) is 0 Å². The molecule has 124 valence electrons. The molecule has 2 amide bonds. The van der Waals surface area contributed by atoms with Crippen LogP contribution in [0.1, 0.15) is 20.3 Å². The Morgan fingerprint density at radius 2 is 1.96 bits per heavy atom. The second-order valence-corrected chi connectivity index (χ2v) is 6.47. The van der Waals surface area contributed by atoms with E-state index in [9.17, 15) is 9.59 Å². The number of aliphatic hydroxyl groups is 1. The molecule has 2 rings (SSSR count). The van der Waals surface area contributed by atoms with E-state index in [2.05, 4.69) is 10.6 Å². The Morgan fingerprint density at radius 3 is 2.65 bits per heavy atom. The van der Waals surface area contributed by atoms with E-state index in [-0.39, 0.29) is 12.0 Å². The first-order valence-corrected chi connectivity index (χ1v) is 7.57. The fourth-order valence-electron chi connectivity index (χ4n) is 2.32. The van der Waals surface area contributed by atoms with Crippen LogP contribution >= 0.6 is 0 Å².